The third-order valence-electron chi connectivity index (χ3n) is 8.14. The van der Waals surface area contributed by atoms with Gasteiger partial charge in [0.15, 0.2) is 0 Å². The molecule has 216 valence electrons. The second kappa shape index (κ2) is 11.8. The monoisotopic (exact) mass is 564 g/mol. The van der Waals surface area contributed by atoms with Crippen molar-refractivity contribution in [3.8, 4) is 0 Å². The number of amides is 3. The van der Waals surface area contributed by atoms with E-state index in [4.69, 9.17) is 4.74 Å². The van der Waals surface area contributed by atoms with Crippen LogP contribution in [0.4, 0.5) is 0 Å². The molecule has 0 saturated heterocycles. The van der Waals surface area contributed by atoms with Crippen molar-refractivity contribution in [1.82, 2.24) is 20.5 Å². The highest BCUT2D eigenvalue weighted by atomic mass is 16.5. The number of nitrogens with one attached hydrogen (secondary N) is 3. The number of H-pyrrole nitrogens is 1. The van der Waals surface area contributed by atoms with Crippen LogP contribution in [0.5, 0.6) is 0 Å². The molecule has 3 N–H and O–H groups in total. The van der Waals surface area contributed by atoms with Crippen molar-refractivity contribution >= 4 is 28.6 Å². The molecule has 3 amide bonds. The van der Waals surface area contributed by atoms with E-state index >= 15 is 0 Å². The van der Waals surface area contributed by atoms with Gasteiger partial charge in [0.05, 0.1) is 12.1 Å². The maximum Gasteiger partial charge on any atom is 0.255 e. The fourth-order valence-electron chi connectivity index (χ4n) is 6.19. The number of hydrogen-bond acceptors (Lipinski definition) is 4. The molecule has 0 bridgehead atoms. The highest BCUT2D eigenvalue weighted by molar-refractivity contribution is 6.04. The average molecular weight is 565 g/mol. The van der Waals surface area contributed by atoms with Crippen LogP contribution in [0, 0.1) is 0 Å². The van der Waals surface area contributed by atoms with E-state index in [9.17, 15) is 14.4 Å². The van der Waals surface area contributed by atoms with Gasteiger partial charge < -0.3 is 25.3 Å². The number of rotatable bonds is 10. The van der Waals surface area contributed by atoms with Gasteiger partial charge in [-0.3, -0.25) is 14.4 Å². The number of aromatic nitrogens is 1. The van der Waals surface area contributed by atoms with Crippen molar-refractivity contribution in [2.24, 2.45) is 0 Å². The van der Waals surface area contributed by atoms with E-state index in [0.29, 0.717) is 38.0 Å². The number of carbonyl (C=O) groups excluding carboxylic acids is 3. The van der Waals surface area contributed by atoms with Crippen molar-refractivity contribution in [1.29, 1.82) is 0 Å². The second-order valence-electron chi connectivity index (χ2n) is 11.3. The molecule has 42 heavy (non-hydrogen) atoms. The van der Waals surface area contributed by atoms with Gasteiger partial charge in [-0.25, -0.2) is 0 Å². The third-order valence-corrected chi connectivity index (χ3v) is 8.14. The van der Waals surface area contributed by atoms with E-state index in [0.717, 1.165) is 33.3 Å². The molecule has 8 heteroatoms. The van der Waals surface area contributed by atoms with E-state index in [1.807, 2.05) is 92.7 Å². The smallest absolute Gasteiger partial charge is 0.255 e. The highest BCUT2D eigenvalue weighted by Crippen LogP contribution is 2.46. The first kappa shape index (κ1) is 27.7. The Morgan fingerprint density at radius 1 is 1.00 bits per heavy atom. The molecule has 3 heterocycles. The van der Waals surface area contributed by atoms with E-state index in [1.54, 1.807) is 4.90 Å². The Bertz CT molecular complexity index is 1610. The number of benzene rings is 3. The summed E-state index contributed by atoms with van der Waals surface area (Å²) in [5, 5.41) is 7.05. The summed E-state index contributed by atoms with van der Waals surface area (Å²) in [6.07, 6.45) is 1.49. The van der Waals surface area contributed by atoms with E-state index in [2.05, 4.69) is 15.6 Å². The average Bonchev–Trinajstić information content (AvgIpc) is 3.52. The van der Waals surface area contributed by atoms with Crippen LogP contribution in [0.2, 0.25) is 0 Å². The van der Waals surface area contributed by atoms with Crippen LogP contribution in [0.15, 0.2) is 78.9 Å². The maximum absolute atomic E-state index is 14.1. The molecule has 0 aliphatic carbocycles. The van der Waals surface area contributed by atoms with Crippen LogP contribution in [0.3, 0.4) is 0 Å². The largest absolute Gasteiger partial charge is 0.379 e. The molecule has 3 atom stereocenters. The zero-order valence-electron chi connectivity index (χ0n) is 23.9. The minimum absolute atomic E-state index is 0.127. The van der Waals surface area contributed by atoms with Crippen molar-refractivity contribution in [3.05, 3.63) is 107 Å². The molecular weight excluding hydrogens is 528 g/mol. The predicted octanol–water partition coefficient (Wildman–Crippen LogP) is 4.30. The first-order chi connectivity index (χ1) is 20.4. The summed E-state index contributed by atoms with van der Waals surface area (Å²) in [4.78, 5) is 46.6. The molecule has 2 aliphatic heterocycles. The lowest BCUT2D eigenvalue weighted by atomic mass is 9.89. The molecule has 6 rings (SSSR count). The number of fused-ring (bicyclic) bond motifs is 7. The van der Waals surface area contributed by atoms with Gasteiger partial charge in [-0.2, -0.15) is 0 Å². The van der Waals surface area contributed by atoms with Crippen molar-refractivity contribution in [3.63, 3.8) is 0 Å². The Morgan fingerprint density at radius 2 is 1.74 bits per heavy atom. The topological polar surface area (TPSA) is 104 Å². The first-order valence-corrected chi connectivity index (χ1v) is 14.7. The summed E-state index contributed by atoms with van der Waals surface area (Å²) in [6, 6.07) is 23.2. The summed E-state index contributed by atoms with van der Waals surface area (Å²) in [7, 11) is 0. The Kier molecular flexibility index (Phi) is 7.80. The van der Waals surface area contributed by atoms with Crippen LogP contribution in [-0.4, -0.2) is 58.9 Å². The maximum atomic E-state index is 14.1. The summed E-state index contributed by atoms with van der Waals surface area (Å²) in [6.45, 7) is 4.93. The highest BCUT2D eigenvalue weighted by Gasteiger charge is 2.49. The van der Waals surface area contributed by atoms with Gasteiger partial charge in [-0.1, -0.05) is 66.7 Å². The molecule has 3 aromatic carbocycles. The zero-order chi connectivity index (χ0) is 29.2. The van der Waals surface area contributed by atoms with Gasteiger partial charge in [-0.15, -0.1) is 0 Å². The second-order valence-corrected chi connectivity index (χ2v) is 11.3. The van der Waals surface area contributed by atoms with Crippen molar-refractivity contribution in [2.45, 2.75) is 57.3 Å². The van der Waals surface area contributed by atoms with E-state index in [-0.39, 0.29) is 23.8 Å². The number of aromatic amines is 1. The van der Waals surface area contributed by atoms with Gasteiger partial charge in [-0.05, 0) is 49.1 Å². The molecule has 0 radical (unpaired) electrons. The van der Waals surface area contributed by atoms with Crippen molar-refractivity contribution in [2.75, 3.05) is 13.2 Å². The number of nitrogens with zero attached hydrogens (tertiary/aromatic N) is 1. The fourth-order valence-corrected chi connectivity index (χ4v) is 6.19. The molecule has 8 nitrogen and oxygen atoms in total. The Balaban J connectivity index is 1.28. The number of para-hydroxylation sites is 1. The molecule has 1 unspecified atom stereocenters. The summed E-state index contributed by atoms with van der Waals surface area (Å²) in [5.74, 6) is -0.765. The fraction of sp³-hybridized carbons (Fsp3) is 0.324. The zero-order valence-corrected chi connectivity index (χ0v) is 23.9. The molecule has 0 fully saturated rings. The van der Waals surface area contributed by atoms with Gasteiger partial charge in [0.2, 0.25) is 11.8 Å². The molecule has 0 saturated carbocycles. The number of hydrogen-bond donors (Lipinski definition) is 3. The van der Waals surface area contributed by atoms with Gasteiger partial charge in [0, 0.05) is 48.2 Å². The predicted molar refractivity (Wildman–Crippen MR) is 161 cm³/mol. The van der Waals surface area contributed by atoms with Gasteiger partial charge in [0.25, 0.3) is 5.91 Å². The Hall–Kier alpha value is -4.43. The molecular formula is C34H36N4O4. The van der Waals surface area contributed by atoms with Crippen LogP contribution >= 0.6 is 0 Å². The molecule has 4 aromatic rings. The standard InChI is InChI=1S/C34H36N4O4/c1-21(2)42-18-10-17-35-32(39)28(19-22-11-4-3-5-12-22)37-33(40)29-20-26-23-13-8-9-16-27(23)36-30(26)31-24-14-6-7-15-25(24)34(41)38(29)31/h3-9,11-16,21,28-29,31,36H,10,17-20H2,1-2H3,(H,35,39)(H,37,40)/t28-,29-,31?/m0/s1. The van der Waals surface area contributed by atoms with Gasteiger partial charge in [0.1, 0.15) is 12.1 Å². The van der Waals surface area contributed by atoms with E-state index in [1.165, 1.54) is 0 Å². The minimum atomic E-state index is -0.797. The van der Waals surface area contributed by atoms with Crippen LogP contribution < -0.4 is 10.6 Å². The Morgan fingerprint density at radius 3 is 2.55 bits per heavy atom. The molecule has 1 aromatic heterocycles. The van der Waals surface area contributed by atoms with E-state index < -0.39 is 18.1 Å². The normalized spacial score (nSPS) is 18.0. The minimum Gasteiger partial charge on any atom is -0.379 e. The number of ether oxygens (including phenoxy) is 1. The summed E-state index contributed by atoms with van der Waals surface area (Å²) in [5.41, 5.74) is 5.38. The summed E-state index contributed by atoms with van der Waals surface area (Å²) >= 11 is 0. The molecule has 2 aliphatic rings. The van der Waals surface area contributed by atoms with Crippen molar-refractivity contribution < 1.29 is 19.1 Å². The van der Waals surface area contributed by atoms with Crippen LogP contribution in [-0.2, 0) is 27.2 Å². The number of carbonyl (C=O) groups is 3. The lowest BCUT2D eigenvalue weighted by Crippen LogP contribution is -2.57. The van der Waals surface area contributed by atoms with Gasteiger partial charge >= 0.3 is 0 Å². The van der Waals surface area contributed by atoms with Crippen LogP contribution in [0.25, 0.3) is 10.9 Å². The lowest BCUT2D eigenvalue weighted by Gasteiger charge is -2.37. The lowest BCUT2D eigenvalue weighted by molar-refractivity contribution is -0.132. The Labute approximate surface area is 245 Å². The first-order valence-electron chi connectivity index (χ1n) is 14.7. The van der Waals surface area contributed by atoms with Crippen LogP contribution in [0.1, 0.15) is 59.1 Å². The third kappa shape index (κ3) is 5.30. The quantitative estimate of drug-likeness (QED) is 0.250. The molecule has 0 spiro atoms. The SMILES string of the molecule is CC(C)OCCCNC(=O)[C@H](Cc1ccccc1)NC(=O)[C@@H]1Cc2c([nH]c3ccccc23)C2c3ccccc3C(=O)N21. The summed E-state index contributed by atoms with van der Waals surface area (Å²) < 4.78 is 5.59.